The standard InChI is InChI=1S/C14H23N3OS/c1-17-10-15-8-13(17)14-7-11(4-5-18-14)16-12-3-2-6-19-9-12/h8,10-12,14,16H,2-7,9H2,1H3/t11-,12+,14-/m0/s1. The first-order valence-electron chi connectivity index (χ1n) is 7.24. The summed E-state index contributed by atoms with van der Waals surface area (Å²) in [5, 5.41) is 3.84. The van der Waals surface area contributed by atoms with Crippen LogP contribution in [-0.4, -0.2) is 39.7 Å². The van der Waals surface area contributed by atoms with Gasteiger partial charge in [0, 0.05) is 31.5 Å². The minimum absolute atomic E-state index is 0.204. The molecule has 1 N–H and O–H groups in total. The van der Waals surface area contributed by atoms with E-state index in [1.54, 1.807) is 0 Å². The first-order valence-corrected chi connectivity index (χ1v) is 8.40. The van der Waals surface area contributed by atoms with E-state index in [-0.39, 0.29) is 6.10 Å². The van der Waals surface area contributed by atoms with E-state index < -0.39 is 0 Å². The van der Waals surface area contributed by atoms with E-state index in [2.05, 4.69) is 26.6 Å². The van der Waals surface area contributed by atoms with E-state index in [0.29, 0.717) is 12.1 Å². The molecule has 0 bridgehead atoms. The van der Waals surface area contributed by atoms with Crippen molar-refractivity contribution in [3.8, 4) is 0 Å². The SMILES string of the molecule is Cn1cncc1[C@@H]1C[C@@H](N[C@@H]2CCCSC2)CCO1. The minimum Gasteiger partial charge on any atom is -0.372 e. The lowest BCUT2D eigenvalue weighted by atomic mass is 9.99. The summed E-state index contributed by atoms with van der Waals surface area (Å²) < 4.78 is 7.99. The molecule has 0 unspecified atom stereocenters. The highest BCUT2D eigenvalue weighted by Gasteiger charge is 2.27. The number of thioether (sulfide) groups is 1. The summed E-state index contributed by atoms with van der Waals surface area (Å²) >= 11 is 2.08. The van der Waals surface area contributed by atoms with Gasteiger partial charge in [-0.25, -0.2) is 4.98 Å². The maximum Gasteiger partial charge on any atom is 0.100 e. The summed E-state index contributed by atoms with van der Waals surface area (Å²) in [6.45, 7) is 0.855. The Morgan fingerprint density at radius 1 is 1.42 bits per heavy atom. The molecule has 3 heterocycles. The van der Waals surface area contributed by atoms with Gasteiger partial charge >= 0.3 is 0 Å². The first kappa shape index (κ1) is 13.5. The van der Waals surface area contributed by atoms with Crippen molar-refractivity contribution >= 4 is 11.8 Å². The second-order valence-electron chi connectivity index (χ2n) is 5.59. The third-order valence-corrected chi connectivity index (χ3v) is 5.31. The van der Waals surface area contributed by atoms with Gasteiger partial charge in [0.05, 0.1) is 18.2 Å². The maximum absolute atomic E-state index is 5.92. The van der Waals surface area contributed by atoms with Crippen LogP contribution < -0.4 is 5.32 Å². The number of aromatic nitrogens is 2. The molecule has 0 amide bonds. The van der Waals surface area contributed by atoms with E-state index in [1.165, 1.54) is 30.0 Å². The third kappa shape index (κ3) is 3.33. The van der Waals surface area contributed by atoms with Gasteiger partial charge in [0.1, 0.15) is 6.10 Å². The van der Waals surface area contributed by atoms with Crippen LogP contribution in [0.5, 0.6) is 0 Å². The number of rotatable bonds is 3. The van der Waals surface area contributed by atoms with Crippen molar-refractivity contribution in [2.24, 2.45) is 7.05 Å². The molecular formula is C14H23N3OS. The molecule has 106 valence electrons. The second kappa shape index (κ2) is 6.29. The van der Waals surface area contributed by atoms with Crippen LogP contribution in [0, 0.1) is 0 Å². The summed E-state index contributed by atoms with van der Waals surface area (Å²) in [7, 11) is 2.04. The largest absolute Gasteiger partial charge is 0.372 e. The molecule has 1 aromatic heterocycles. The van der Waals surface area contributed by atoms with Crippen molar-refractivity contribution in [3.05, 3.63) is 18.2 Å². The molecule has 0 radical (unpaired) electrons. The normalized spacial score (nSPS) is 32.4. The van der Waals surface area contributed by atoms with Gasteiger partial charge in [-0.15, -0.1) is 0 Å². The number of imidazole rings is 1. The van der Waals surface area contributed by atoms with Crippen molar-refractivity contribution in [1.29, 1.82) is 0 Å². The second-order valence-corrected chi connectivity index (χ2v) is 6.74. The van der Waals surface area contributed by atoms with Crippen LogP contribution in [0.1, 0.15) is 37.5 Å². The van der Waals surface area contributed by atoms with E-state index in [4.69, 9.17) is 4.74 Å². The van der Waals surface area contributed by atoms with E-state index in [9.17, 15) is 0 Å². The average molecular weight is 281 g/mol. The molecule has 0 spiro atoms. The lowest BCUT2D eigenvalue weighted by Crippen LogP contribution is -2.44. The highest BCUT2D eigenvalue weighted by molar-refractivity contribution is 7.99. The summed E-state index contributed by atoms with van der Waals surface area (Å²) in [6, 6.07) is 1.30. The Labute approximate surface area is 119 Å². The first-order chi connectivity index (χ1) is 9.33. The van der Waals surface area contributed by atoms with Gasteiger partial charge in [0.25, 0.3) is 0 Å². The molecule has 1 aromatic rings. The summed E-state index contributed by atoms with van der Waals surface area (Å²) in [6.07, 6.45) is 8.89. The molecule has 4 nitrogen and oxygen atoms in total. The zero-order valence-corrected chi connectivity index (χ0v) is 12.4. The van der Waals surface area contributed by atoms with Crippen LogP contribution >= 0.6 is 11.8 Å². The Bertz CT molecular complexity index is 403. The fourth-order valence-corrected chi connectivity index (χ4v) is 4.12. The smallest absolute Gasteiger partial charge is 0.100 e. The van der Waals surface area contributed by atoms with Crippen LogP contribution in [0.25, 0.3) is 0 Å². The van der Waals surface area contributed by atoms with Crippen molar-refractivity contribution < 1.29 is 4.74 Å². The molecule has 0 aromatic carbocycles. The van der Waals surface area contributed by atoms with Crippen molar-refractivity contribution in [1.82, 2.24) is 14.9 Å². The Morgan fingerprint density at radius 2 is 2.37 bits per heavy atom. The third-order valence-electron chi connectivity index (χ3n) is 4.10. The summed E-state index contributed by atoms with van der Waals surface area (Å²) in [5.41, 5.74) is 1.20. The molecule has 2 aliphatic heterocycles. The van der Waals surface area contributed by atoms with Crippen molar-refractivity contribution in [2.45, 2.75) is 43.9 Å². The van der Waals surface area contributed by atoms with Crippen molar-refractivity contribution in [2.75, 3.05) is 18.1 Å². The number of aryl methyl sites for hydroxylation is 1. The van der Waals surface area contributed by atoms with Gasteiger partial charge in [-0.3, -0.25) is 0 Å². The Balaban J connectivity index is 1.57. The Hall–Kier alpha value is -0.520. The lowest BCUT2D eigenvalue weighted by Gasteiger charge is -2.34. The van der Waals surface area contributed by atoms with Crippen LogP contribution in [0.15, 0.2) is 12.5 Å². The zero-order chi connectivity index (χ0) is 13.1. The number of nitrogens with one attached hydrogen (secondary N) is 1. The van der Waals surface area contributed by atoms with Crippen LogP contribution in [0.4, 0.5) is 0 Å². The lowest BCUT2D eigenvalue weighted by molar-refractivity contribution is -0.00541. The van der Waals surface area contributed by atoms with Gasteiger partial charge < -0.3 is 14.6 Å². The molecule has 2 aliphatic rings. The zero-order valence-electron chi connectivity index (χ0n) is 11.5. The highest BCUT2D eigenvalue weighted by atomic mass is 32.2. The van der Waals surface area contributed by atoms with Crippen LogP contribution in [-0.2, 0) is 11.8 Å². The van der Waals surface area contributed by atoms with E-state index >= 15 is 0 Å². The van der Waals surface area contributed by atoms with E-state index in [0.717, 1.165) is 19.4 Å². The number of nitrogens with zero attached hydrogens (tertiary/aromatic N) is 2. The van der Waals surface area contributed by atoms with E-state index in [1.807, 2.05) is 19.6 Å². The fourth-order valence-electron chi connectivity index (χ4n) is 3.04. The Morgan fingerprint density at radius 3 is 3.11 bits per heavy atom. The van der Waals surface area contributed by atoms with Gasteiger partial charge in [0.2, 0.25) is 0 Å². The molecule has 0 aliphatic carbocycles. The van der Waals surface area contributed by atoms with Crippen LogP contribution in [0.2, 0.25) is 0 Å². The fraction of sp³-hybridized carbons (Fsp3) is 0.786. The predicted molar refractivity (Wildman–Crippen MR) is 78.4 cm³/mol. The minimum atomic E-state index is 0.204. The van der Waals surface area contributed by atoms with Gasteiger partial charge in [0.15, 0.2) is 0 Å². The summed E-state index contributed by atoms with van der Waals surface area (Å²) in [4.78, 5) is 4.20. The molecule has 3 atom stereocenters. The topological polar surface area (TPSA) is 39.1 Å². The number of ether oxygens (including phenoxy) is 1. The highest BCUT2D eigenvalue weighted by Crippen LogP contribution is 2.28. The molecule has 19 heavy (non-hydrogen) atoms. The number of hydrogen-bond acceptors (Lipinski definition) is 4. The van der Waals surface area contributed by atoms with Crippen LogP contribution in [0.3, 0.4) is 0 Å². The van der Waals surface area contributed by atoms with Gasteiger partial charge in [-0.1, -0.05) is 0 Å². The Kier molecular flexibility index (Phi) is 4.45. The molecule has 2 saturated heterocycles. The summed E-state index contributed by atoms with van der Waals surface area (Å²) in [5.74, 6) is 2.61. The molecule has 2 fully saturated rings. The molecule has 5 heteroatoms. The average Bonchev–Trinajstić information content (AvgIpc) is 2.86. The monoisotopic (exact) mass is 281 g/mol. The van der Waals surface area contributed by atoms with Crippen molar-refractivity contribution in [3.63, 3.8) is 0 Å². The molecule has 3 rings (SSSR count). The quantitative estimate of drug-likeness (QED) is 0.921. The number of hydrogen-bond donors (Lipinski definition) is 1. The molecule has 0 saturated carbocycles. The molecular weight excluding hydrogens is 258 g/mol. The maximum atomic E-state index is 5.92. The predicted octanol–water partition coefficient (Wildman–Crippen LogP) is 2.13. The van der Waals surface area contributed by atoms with Gasteiger partial charge in [-0.2, -0.15) is 11.8 Å². The van der Waals surface area contributed by atoms with Gasteiger partial charge in [-0.05, 0) is 31.4 Å².